The molecule has 2 rings (SSSR count). The molecule has 4 nitrogen and oxygen atoms in total. The van der Waals surface area contributed by atoms with E-state index in [0.29, 0.717) is 26.1 Å². The van der Waals surface area contributed by atoms with Crippen molar-refractivity contribution in [3.63, 3.8) is 0 Å². The Morgan fingerprint density at radius 1 is 1.04 bits per heavy atom. The van der Waals surface area contributed by atoms with Crippen LogP contribution in [-0.2, 0) is 9.53 Å². The Labute approximate surface area is 136 Å². The third-order valence-electron chi connectivity index (χ3n) is 3.15. The molecule has 0 aliphatic rings. The van der Waals surface area contributed by atoms with Crippen LogP contribution < -0.4 is 4.74 Å². The van der Waals surface area contributed by atoms with E-state index in [9.17, 15) is 4.79 Å². The fourth-order valence-electron chi connectivity index (χ4n) is 1.98. The SMILES string of the molecule is CCOC(=O)CCCOc1ccc(/C=C/c2ccncc2)cc1. The fourth-order valence-corrected chi connectivity index (χ4v) is 1.98. The number of ether oxygens (including phenoxy) is 2. The maximum absolute atomic E-state index is 11.2. The van der Waals surface area contributed by atoms with Crippen LogP contribution in [0.3, 0.4) is 0 Å². The monoisotopic (exact) mass is 311 g/mol. The average molecular weight is 311 g/mol. The number of pyridine rings is 1. The smallest absolute Gasteiger partial charge is 0.305 e. The third kappa shape index (κ3) is 6.34. The molecule has 1 aromatic carbocycles. The van der Waals surface area contributed by atoms with Crippen molar-refractivity contribution in [2.75, 3.05) is 13.2 Å². The van der Waals surface area contributed by atoms with Crippen molar-refractivity contribution >= 4 is 18.1 Å². The molecule has 0 fully saturated rings. The molecule has 0 amide bonds. The van der Waals surface area contributed by atoms with Gasteiger partial charge in [0.2, 0.25) is 0 Å². The zero-order valence-corrected chi connectivity index (χ0v) is 13.3. The van der Waals surface area contributed by atoms with Gasteiger partial charge in [0.15, 0.2) is 0 Å². The zero-order valence-electron chi connectivity index (χ0n) is 13.3. The Bertz CT molecular complexity index is 621. The standard InChI is InChI=1S/C19H21NO3/c1-2-22-19(21)4-3-15-23-18-9-7-16(8-10-18)5-6-17-11-13-20-14-12-17/h5-14H,2-4,15H2,1H3/b6-5+. The van der Waals surface area contributed by atoms with E-state index in [0.717, 1.165) is 16.9 Å². The molecule has 1 aromatic heterocycles. The summed E-state index contributed by atoms with van der Waals surface area (Å²) in [6, 6.07) is 11.8. The lowest BCUT2D eigenvalue weighted by Crippen LogP contribution is -2.06. The van der Waals surface area contributed by atoms with E-state index >= 15 is 0 Å². The number of rotatable bonds is 8. The summed E-state index contributed by atoms with van der Waals surface area (Å²) in [5.41, 5.74) is 2.21. The minimum Gasteiger partial charge on any atom is -0.494 e. The maximum atomic E-state index is 11.2. The molecular weight excluding hydrogens is 290 g/mol. The summed E-state index contributed by atoms with van der Waals surface area (Å²) in [5.74, 6) is 0.627. The fraction of sp³-hybridized carbons (Fsp3) is 0.263. The summed E-state index contributed by atoms with van der Waals surface area (Å²) >= 11 is 0. The molecule has 0 bridgehead atoms. The highest BCUT2D eigenvalue weighted by Gasteiger charge is 2.01. The van der Waals surface area contributed by atoms with E-state index in [2.05, 4.69) is 4.98 Å². The summed E-state index contributed by atoms with van der Waals surface area (Å²) in [4.78, 5) is 15.2. The predicted octanol–water partition coefficient (Wildman–Crippen LogP) is 3.97. The van der Waals surface area contributed by atoms with Gasteiger partial charge in [0.05, 0.1) is 13.2 Å². The van der Waals surface area contributed by atoms with Gasteiger partial charge in [-0.1, -0.05) is 24.3 Å². The van der Waals surface area contributed by atoms with E-state index in [1.807, 2.05) is 48.6 Å². The van der Waals surface area contributed by atoms with Gasteiger partial charge in [0, 0.05) is 18.8 Å². The molecule has 1 heterocycles. The van der Waals surface area contributed by atoms with Crippen LogP contribution in [0.4, 0.5) is 0 Å². The second-order valence-electron chi connectivity index (χ2n) is 4.94. The van der Waals surface area contributed by atoms with Crippen molar-refractivity contribution in [1.82, 2.24) is 4.98 Å². The molecule has 0 unspecified atom stereocenters. The van der Waals surface area contributed by atoms with Gasteiger partial charge >= 0.3 is 5.97 Å². The molecule has 0 saturated heterocycles. The van der Waals surface area contributed by atoms with Crippen LogP contribution in [0.2, 0.25) is 0 Å². The highest BCUT2D eigenvalue weighted by atomic mass is 16.5. The van der Waals surface area contributed by atoms with Crippen LogP contribution in [0.25, 0.3) is 12.2 Å². The highest BCUT2D eigenvalue weighted by Crippen LogP contribution is 2.15. The summed E-state index contributed by atoms with van der Waals surface area (Å²) in [7, 11) is 0. The van der Waals surface area contributed by atoms with Gasteiger partial charge in [-0.3, -0.25) is 9.78 Å². The van der Waals surface area contributed by atoms with E-state index in [1.54, 1.807) is 19.3 Å². The summed E-state index contributed by atoms with van der Waals surface area (Å²) < 4.78 is 10.5. The highest BCUT2D eigenvalue weighted by molar-refractivity contribution is 5.69. The number of nitrogens with zero attached hydrogens (tertiary/aromatic N) is 1. The first-order valence-corrected chi connectivity index (χ1v) is 7.74. The Balaban J connectivity index is 1.76. The molecule has 120 valence electrons. The first-order chi connectivity index (χ1) is 11.3. The molecular formula is C19H21NO3. The van der Waals surface area contributed by atoms with Gasteiger partial charge in [-0.25, -0.2) is 0 Å². The van der Waals surface area contributed by atoms with E-state index in [1.165, 1.54) is 0 Å². The quantitative estimate of drug-likeness (QED) is 0.546. The van der Waals surface area contributed by atoms with Crippen molar-refractivity contribution < 1.29 is 14.3 Å². The Morgan fingerprint density at radius 2 is 1.70 bits per heavy atom. The van der Waals surface area contributed by atoms with Crippen LogP contribution in [-0.4, -0.2) is 24.2 Å². The Hall–Kier alpha value is -2.62. The molecule has 2 aromatic rings. The van der Waals surface area contributed by atoms with Crippen molar-refractivity contribution in [3.8, 4) is 5.75 Å². The molecule has 0 saturated carbocycles. The molecule has 0 atom stereocenters. The third-order valence-corrected chi connectivity index (χ3v) is 3.15. The first-order valence-electron chi connectivity index (χ1n) is 7.74. The van der Waals surface area contributed by atoms with Gasteiger partial charge < -0.3 is 9.47 Å². The van der Waals surface area contributed by atoms with Crippen LogP contribution in [0.15, 0.2) is 48.8 Å². The average Bonchev–Trinajstić information content (AvgIpc) is 2.59. The lowest BCUT2D eigenvalue weighted by Gasteiger charge is -2.06. The molecule has 0 aliphatic carbocycles. The van der Waals surface area contributed by atoms with E-state index < -0.39 is 0 Å². The van der Waals surface area contributed by atoms with Crippen LogP contribution in [0.1, 0.15) is 30.9 Å². The molecule has 0 aliphatic heterocycles. The zero-order chi connectivity index (χ0) is 16.3. The van der Waals surface area contributed by atoms with Gasteiger partial charge in [-0.2, -0.15) is 0 Å². The Morgan fingerprint density at radius 3 is 2.35 bits per heavy atom. The number of hydrogen-bond donors (Lipinski definition) is 0. The van der Waals surface area contributed by atoms with Crippen molar-refractivity contribution in [3.05, 3.63) is 59.9 Å². The van der Waals surface area contributed by atoms with Gasteiger partial charge in [0.1, 0.15) is 5.75 Å². The minimum absolute atomic E-state index is 0.173. The van der Waals surface area contributed by atoms with Crippen LogP contribution >= 0.6 is 0 Å². The number of hydrogen-bond acceptors (Lipinski definition) is 4. The Kier molecular flexibility index (Phi) is 6.85. The number of carbonyl (C=O) groups excluding carboxylic acids is 1. The number of carbonyl (C=O) groups is 1. The number of benzene rings is 1. The predicted molar refractivity (Wildman–Crippen MR) is 91.0 cm³/mol. The second kappa shape index (κ2) is 9.41. The first kappa shape index (κ1) is 16.7. The summed E-state index contributed by atoms with van der Waals surface area (Å²) in [5, 5.41) is 0. The van der Waals surface area contributed by atoms with Crippen molar-refractivity contribution in [1.29, 1.82) is 0 Å². The van der Waals surface area contributed by atoms with Gasteiger partial charge in [0.25, 0.3) is 0 Å². The molecule has 0 radical (unpaired) electrons. The summed E-state index contributed by atoms with van der Waals surface area (Å²) in [6.07, 6.45) is 8.67. The van der Waals surface area contributed by atoms with Crippen molar-refractivity contribution in [2.24, 2.45) is 0 Å². The number of esters is 1. The van der Waals surface area contributed by atoms with Crippen LogP contribution in [0.5, 0.6) is 5.75 Å². The maximum Gasteiger partial charge on any atom is 0.305 e. The van der Waals surface area contributed by atoms with Crippen LogP contribution in [0, 0.1) is 0 Å². The topological polar surface area (TPSA) is 48.4 Å². The molecule has 23 heavy (non-hydrogen) atoms. The largest absolute Gasteiger partial charge is 0.494 e. The van der Waals surface area contributed by atoms with Gasteiger partial charge in [-0.05, 0) is 48.7 Å². The normalized spacial score (nSPS) is 10.7. The minimum atomic E-state index is -0.173. The van der Waals surface area contributed by atoms with Crippen molar-refractivity contribution in [2.45, 2.75) is 19.8 Å². The molecule has 4 heteroatoms. The van der Waals surface area contributed by atoms with E-state index in [-0.39, 0.29) is 5.97 Å². The number of aromatic nitrogens is 1. The summed E-state index contributed by atoms with van der Waals surface area (Å²) in [6.45, 7) is 2.73. The molecule has 0 spiro atoms. The van der Waals surface area contributed by atoms with E-state index in [4.69, 9.17) is 9.47 Å². The lowest BCUT2D eigenvalue weighted by atomic mass is 10.1. The molecule has 0 N–H and O–H groups in total. The lowest BCUT2D eigenvalue weighted by molar-refractivity contribution is -0.143. The second-order valence-corrected chi connectivity index (χ2v) is 4.94. The van der Waals surface area contributed by atoms with Gasteiger partial charge in [-0.15, -0.1) is 0 Å².